The number of ether oxygens (including phenoxy) is 1. The third-order valence-corrected chi connectivity index (χ3v) is 5.44. The van der Waals surface area contributed by atoms with E-state index >= 15 is 0 Å². The number of rotatable bonds is 7. The maximum atomic E-state index is 12.9. The fourth-order valence-corrected chi connectivity index (χ4v) is 3.67. The summed E-state index contributed by atoms with van der Waals surface area (Å²) < 4.78 is 7.67. The number of carbonyl (C=O) groups excluding carboxylic acids is 1. The summed E-state index contributed by atoms with van der Waals surface area (Å²) >= 11 is 0. The Labute approximate surface area is 183 Å². The molecule has 2 aromatic heterocycles. The van der Waals surface area contributed by atoms with Gasteiger partial charge in [-0.25, -0.2) is 9.97 Å². The van der Waals surface area contributed by atoms with E-state index in [1.54, 1.807) is 0 Å². The van der Waals surface area contributed by atoms with Gasteiger partial charge in [-0.1, -0.05) is 13.3 Å². The summed E-state index contributed by atoms with van der Waals surface area (Å²) in [7, 11) is 0. The molecule has 0 N–H and O–H groups in total. The van der Waals surface area contributed by atoms with Gasteiger partial charge < -0.3 is 19.1 Å². The molecule has 0 aliphatic carbocycles. The summed E-state index contributed by atoms with van der Waals surface area (Å²) in [5, 5.41) is 0. The minimum atomic E-state index is 0.0617. The van der Waals surface area contributed by atoms with Crippen molar-refractivity contribution in [2.75, 3.05) is 37.7 Å². The predicted molar refractivity (Wildman–Crippen MR) is 121 cm³/mol. The second-order valence-corrected chi connectivity index (χ2v) is 7.73. The summed E-state index contributed by atoms with van der Waals surface area (Å²) in [5.41, 5.74) is 0.698. The molecular weight excluding hydrogens is 390 g/mol. The summed E-state index contributed by atoms with van der Waals surface area (Å²) in [6.45, 7) is 7.56. The number of carbonyl (C=O) groups is 1. The molecule has 1 aliphatic heterocycles. The van der Waals surface area contributed by atoms with Crippen molar-refractivity contribution in [2.45, 2.75) is 26.7 Å². The zero-order valence-electron chi connectivity index (χ0n) is 18.2. The average molecular weight is 420 g/mol. The zero-order chi connectivity index (χ0) is 21.6. The quantitative estimate of drug-likeness (QED) is 0.546. The van der Waals surface area contributed by atoms with Crippen molar-refractivity contribution in [3.05, 3.63) is 66.2 Å². The number of benzene rings is 1. The van der Waals surface area contributed by atoms with Crippen LogP contribution in [0.4, 0.5) is 5.82 Å². The van der Waals surface area contributed by atoms with E-state index < -0.39 is 0 Å². The minimum Gasteiger partial charge on any atom is -0.494 e. The minimum absolute atomic E-state index is 0.0617. The number of piperazine rings is 1. The molecule has 1 saturated heterocycles. The maximum absolute atomic E-state index is 12.9. The largest absolute Gasteiger partial charge is 0.494 e. The van der Waals surface area contributed by atoms with Crippen molar-refractivity contribution < 1.29 is 9.53 Å². The number of aromatic nitrogens is 3. The predicted octanol–water partition coefficient (Wildman–Crippen LogP) is 3.72. The SMILES string of the molecule is CCCCOc1ccc(C(=O)N2CCN(c3cc(-n4cccc4)nc(C)n3)CC2)cc1. The number of nitrogens with zero attached hydrogens (tertiary/aromatic N) is 5. The van der Waals surface area contributed by atoms with Crippen LogP contribution in [-0.2, 0) is 0 Å². The molecule has 0 unspecified atom stereocenters. The Morgan fingerprint density at radius 3 is 2.35 bits per heavy atom. The van der Waals surface area contributed by atoms with Gasteiger partial charge in [0.15, 0.2) is 0 Å². The third-order valence-electron chi connectivity index (χ3n) is 5.44. The molecule has 0 spiro atoms. The van der Waals surface area contributed by atoms with E-state index in [9.17, 15) is 4.79 Å². The summed E-state index contributed by atoms with van der Waals surface area (Å²) in [4.78, 5) is 26.2. The van der Waals surface area contributed by atoms with E-state index in [2.05, 4.69) is 21.8 Å². The first kappa shape index (κ1) is 20.9. The Kier molecular flexibility index (Phi) is 6.50. The summed E-state index contributed by atoms with van der Waals surface area (Å²) in [5.74, 6) is 3.36. The molecule has 7 heteroatoms. The van der Waals surface area contributed by atoms with Gasteiger partial charge in [-0.3, -0.25) is 4.79 Å². The van der Waals surface area contributed by atoms with Crippen molar-refractivity contribution in [2.24, 2.45) is 0 Å². The van der Waals surface area contributed by atoms with Gasteiger partial charge in [-0.2, -0.15) is 0 Å². The Balaban J connectivity index is 1.37. The zero-order valence-corrected chi connectivity index (χ0v) is 18.2. The van der Waals surface area contributed by atoms with Crippen LogP contribution in [0.1, 0.15) is 35.9 Å². The standard InChI is InChI=1S/C24H29N5O2/c1-3-4-17-31-21-9-7-20(8-10-21)24(30)29-15-13-28(14-16-29)23-18-22(25-19(2)26-23)27-11-5-6-12-27/h5-12,18H,3-4,13-17H2,1-2H3. The van der Waals surface area contributed by atoms with E-state index in [0.29, 0.717) is 25.3 Å². The highest BCUT2D eigenvalue weighted by molar-refractivity contribution is 5.94. The normalized spacial score (nSPS) is 14.0. The second kappa shape index (κ2) is 9.64. The topological polar surface area (TPSA) is 63.5 Å². The molecule has 0 bridgehead atoms. The number of unbranched alkanes of at least 4 members (excludes halogenated alkanes) is 1. The summed E-state index contributed by atoms with van der Waals surface area (Å²) in [6.07, 6.45) is 6.08. The molecule has 1 fully saturated rings. The van der Waals surface area contributed by atoms with Gasteiger partial charge in [-0.15, -0.1) is 0 Å². The molecule has 0 radical (unpaired) electrons. The molecule has 3 aromatic rings. The molecule has 1 aromatic carbocycles. The molecule has 162 valence electrons. The van der Waals surface area contributed by atoms with Crippen LogP contribution < -0.4 is 9.64 Å². The molecule has 0 atom stereocenters. The highest BCUT2D eigenvalue weighted by atomic mass is 16.5. The fraction of sp³-hybridized carbons (Fsp3) is 0.375. The highest BCUT2D eigenvalue weighted by Gasteiger charge is 2.23. The van der Waals surface area contributed by atoms with E-state index in [0.717, 1.165) is 49.1 Å². The number of amides is 1. The number of anilines is 1. The van der Waals surface area contributed by atoms with E-state index in [1.165, 1.54) is 0 Å². The second-order valence-electron chi connectivity index (χ2n) is 7.73. The molecule has 3 heterocycles. The van der Waals surface area contributed by atoms with Gasteiger partial charge in [0, 0.05) is 50.2 Å². The fourth-order valence-electron chi connectivity index (χ4n) is 3.67. The van der Waals surface area contributed by atoms with Gasteiger partial charge in [-0.05, 0) is 49.7 Å². The van der Waals surface area contributed by atoms with E-state index in [4.69, 9.17) is 4.74 Å². The van der Waals surface area contributed by atoms with Gasteiger partial charge in [0.25, 0.3) is 5.91 Å². The van der Waals surface area contributed by atoms with Crippen LogP contribution >= 0.6 is 0 Å². The molecule has 0 saturated carbocycles. The first-order chi connectivity index (χ1) is 15.1. The van der Waals surface area contributed by atoms with Gasteiger partial charge >= 0.3 is 0 Å². The molecule has 1 aliphatic rings. The number of hydrogen-bond donors (Lipinski definition) is 0. The van der Waals surface area contributed by atoms with Crippen LogP contribution in [0.2, 0.25) is 0 Å². The lowest BCUT2D eigenvalue weighted by molar-refractivity contribution is 0.0746. The first-order valence-electron chi connectivity index (χ1n) is 10.9. The van der Waals surface area contributed by atoms with Crippen LogP contribution in [-0.4, -0.2) is 58.1 Å². The van der Waals surface area contributed by atoms with Crippen molar-refractivity contribution in [1.29, 1.82) is 0 Å². The maximum Gasteiger partial charge on any atom is 0.253 e. The Bertz CT molecular complexity index is 993. The van der Waals surface area contributed by atoms with Crippen LogP contribution in [0.15, 0.2) is 54.9 Å². The average Bonchev–Trinajstić information content (AvgIpc) is 3.34. The number of aryl methyl sites for hydroxylation is 1. The molecule has 4 rings (SSSR count). The van der Waals surface area contributed by atoms with Crippen LogP contribution in [0.3, 0.4) is 0 Å². The van der Waals surface area contributed by atoms with Crippen molar-refractivity contribution in [1.82, 2.24) is 19.4 Å². The Hall–Kier alpha value is -3.35. The molecular formula is C24H29N5O2. The van der Waals surface area contributed by atoms with Crippen molar-refractivity contribution in [3.63, 3.8) is 0 Å². The van der Waals surface area contributed by atoms with E-state index in [1.807, 2.05) is 71.2 Å². The van der Waals surface area contributed by atoms with Crippen molar-refractivity contribution >= 4 is 11.7 Å². The lowest BCUT2D eigenvalue weighted by atomic mass is 10.1. The lowest BCUT2D eigenvalue weighted by Gasteiger charge is -2.35. The third kappa shape index (κ3) is 5.05. The van der Waals surface area contributed by atoms with Gasteiger partial charge in [0.1, 0.15) is 23.2 Å². The lowest BCUT2D eigenvalue weighted by Crippen LogP contribution is -2.49. The van der Waals surface area contributed by atoms with Gasteiger partial charge in [0.05, 0.1) is 6.61 Å². The first-order valence-corrected chi connectivity index (χ1v) is 10.9. The van der Waals surface area contributed by atoms with Gasteiger partial charge in [0.2, 0.25) is 0 Å². The van der Waals surface area contributed by atoms with Crippen LogP contribution in [0.5, 0.6) is 5.75 Å². The van der Waals surface area contributed by atoms with Crippen molar-refractivity contribution in [3.8, 4) is 11.6 Å². The summed E-state index contributed by atoms with van der Waals surface area (Å²) in [6, 6.07) is 13.4. The van der Waals surface area contributed by atoms with Crippen LogP contribution in [0, 0.1) is 6.92 Å². The number of hydrogen-bond acceptors (Lipinski definition) is 5. The molecule has 1 amide bonds. The smallest absolute Gasteiger partial charge is 0.253 e. The Morgan fingerprint density at radius 1 is 1.00 bits per heavy atom. The van der Waals surface area contributed by atoms with E-state index in [-0.39, 0.29) is 5.91 Å². The monoisotopic (exact) mass is 419 g/mol. The Morgan fingerprint density at radius 2 is 1.68 bits per heavy atom. The molecule has 7 nitrogen and oxygen atoms in total. The highest BCUT2D eigenvalue weighted by Crippen LogP contribution is 2.19. The van der Waals surface area contributed by atoms with Crippen LogP contribution in [0.25, 0.3) is 5.82 Å². The molecule has 31 heavy (non-hydrogen) atoms.